The van der Waals surface area contributed by atoms with Gasteiger partial charge in [0.25, 0.3) is 0 Å². The van der Waals surface area contributed by atoms with Crippen molar-refractivity contribution in [2.24, 2.45) is 0 Å². The highest BCUT2D eigenvalue weighted by Gasteiger charge is 2.42. The zero-order valence-corrected chi connectivity index (χ0v) is 10.8. The van der Waals surface area contributed by atoms with Crippen molar-refractivity contribution in [2.45, 2.75) is 51.1 Å². The topological polar surface area (TPSA) is 30.5 Å². The molecule has 0 atom stereocenters. The van der Waals surface area contributed by atoms with Crippen LogP contribution in [0.2, 0.25) is 5.54 Å². The molecule has 1 N–H and O–H groups in total. The van der Waals surface area contributed by atoms with Crippen LogP contribution >= 0.6 is 0 Å². The standard InChI is InChI=1S/C10H23NO2Si/c1-9(2)14(12-3,13-4)11-10-7-5-6-8-10/h9-11H,5-8H2,1-4H3. The fourth-order valence-electron chi connectivity index (χ4n) is 2.19. The molecule has 1 aliphatic rings. The minimum atomic E-state index is -2.14. The van der Waals surface area contributed by atoms with Crippen LogP contribution in [0.25, 0.3) is 0 Å². The predicted molar refractivity (Wildman–Crippen MR) is 60.3 cm³/mol. The molecule has 1 rings (SSSR count). The number of nitrogens with one attached hydrogen (secondary N) is 1. The second-order valence-corrected chi connectivity index (χ2v) is 7.95. The third-order valence-electron chi connectivity index (χ3n) is 3.13. The minimum absolute atomic E-state index is 0.443. The summed E-state index contributed by atoms with van der Waals surface area (Å²) in [6, 6.07) is 0.615. The summed E-state index contributed by atoms with van der Waals surface area (Å²) >= 11 is 0. The van der Waals surface area contributed by atoms with E-state index in [9.17, 15) is 0 Å². The molecule has 4 heteroatoms. The van der Waals surface area contributed by atoms with Crippen LogP contribution in [0.1, 0.15) is 39.5 Å². The summed E-state index contributed by atoms with van der Waals surface area (Å²) in [5.41, 5.74) is 0.443. The molecule has 1 aliphatic carbocycles. The van der Waals surface area contributed by atoms with Gasteiger partial charge in [0, 0.05) is 25.8 Å². The van der Waals surface area contributed by atoms with Crippen molar-refractivity contribution in [1.29, 1.82) is 0 Å². The largest absolute Gasteiger partial charge is 0.427 e. The number of rotatable bonds is 5. The first-order chi connectivity index (χ1) is 6.64. The summed E-state index contributed by atoms with van der Waals surface area (Å²) in [7, 11) is 1.39. The van der Waals surface area contributed by atoms with Gasteiger partial charge in [0.1, 0.15) is 0 Å². The second-order valence-electron chi connectivity index (χ2n) is 4.36. The van der Waals surface area contributed by atoms with Gasteiger partial charge >= 0.3 is 8.72 Å². The van der Waals surface area contributed by atoms with Crippen molar-refractivity contribution >= 4 is 8.72 Å². The lowest BCUT2D eigenvalue weighted by atomic mass is 10.3. The second kappa shape index (κ2) is 5.26. The van der Waals surface area contributed by atoms with E-state index in [1.807, 2.05) is 0 Å². The zero-order chi connectivity index (χ0) is 10.6. The maximum Gasteiger partial charge on any atom is 0.427 e. The average Bonchev–Trinajstić information content (AvgIpc) is 2.66. The van der Waals surface area contributed by atoms with Crippen molar-refractivity contribution in [2.75, 3.05) is 14.2 Å². The molecule has 0 aromatic rings. The van der Waals surface area contributed by atoms with E-state index in [1.54, 1.807) is 14.2 Å². The van der Waals surface area contributed by atoms with Gasteiger partial charge in [-0.1, -0.05) is 26.7 Å². The van der Waals surface area contributed by atoms with Gasteiger partial charge in [-0.25, -0.2) is 0 Å². The molecule has 0 amide bonds. The Hall–Kier alpha value is 0.0969. The summed E-state index contributed by atoms with van der Waals surface area (Å²) in [5, 5.41) is 0. The van der Waals surface area contributed by atoms with E-state index >= 15 is 0 Å². The smallest absolute Gasteiger partial charge is 0.386 e. The van der Waals surface area contributed by atoms with Crippen LogP contribution in [-0.2, 0) is 8.85 Å². The zero-order valence-electron chi connectivity index (χ0n) is 9.80. The highest BCUT2D eigenvalue weighted by Crippen LogP contribution is 2.25. The van der Waals surface area contributed by atoms with E-state index in [1.165, 1.54) is 25.7 Å². The van der Waals surface area contributed by atoms with Gasteiger partial charge in [-0.2, -0.15) is 0 Å². The fraction of sp³-hybridized carbons (Fsp3) is 1.00. The van der Waals surface area contributed by atoms with Crippen LogP contribution in [0.15, 0.2) is 0 Å². The Bertz CT molecular complexity index is 166. The molecule has 0 heterocycles. The Kier molecular flexibility index (Phi) is 4.57. The van der Waals surface area contributed by atoms with Crippen LogP contribution in [0.4, 0.5) is 0 Å². The molecule has 14 heavy (non-hydrogen) atoms. The molecule has 0 unspecified atom stereocenters. The number of hydrogen-bond donors (Lipinski definition) is 1. The van der Waals surface area contributed by atoms with Gasteiger partial charge in [0.05, 0.1) is 0 Å². The van der Waals surface area contributed by atoms with Gasteiger partial charge in [-0.3, -0.25) is 4.98 Å². The molecule has 1 saturated carbocycles. The minimum Gasteiger partial charge on any atom is -0.386 e. The highest BCUT2D eigenvalue weighted by molar-refractivity contribution is 6.66. The molecule has 3 nitrogen and oxygen atoms in total. The van der Waals surface area contributed by atoms with E-state index in [4.69, 9.17) is 8.85 Å². The van der Waals surface area contributed by atoms with Crippen molar-refractivity contribution in [3.05, 3.63) is 0 Å². The molecular weight excluding hydrogens is 194 g/mol. The Labute approximate surface area is 88.5 Å². The maximum atomic E-state index is 5.62. The lowest BCUT2D eigenvalue weighted by molar-refractivity contribution is 0.211. The van der Waals surface area contributed by atoms with Gasteiger partial charge in [-0.15, -0.1) is 0 Å². The van der Waals surface area contributed by atoms with Gasteiger partial charge in [0.15, 0.2) is 0 Å². The first-order valence-corrected chi connectivity index (χ1v) is 7.42. The molecule has 1 fully saturated rings. The Morgan fingerprint density at radius 1 is 1.14 bits per heavy atom. The molecule has 0 aromatic carbocycles. The molecule has 0 aromatic heterocycles. The van der Waals surface area contributed by atoms with Crippen molar-refractivity contribution in [3.63, 3.8) is 0 Å². The van der Waals surface area contributed by atoms with Gasteiger partial charge in [0.2, 0.25) is 0 Å². The van der Waals surface area contributed by atoms with Crippen molar-refractivity contribution in [1.82, 2.24) is 4.98 Å². The Morgan fingerprint density at radius 2 is 1.64 bits per heavy atom. The lowest BCUT2D eigenvalue weighted by Crippen LogP contribution is -2.60. The predicted octanol–water partition coefficient (Wildman–Crippen LogP) is 2.16. The van der Waals surface area contributed by atoms with E-state index in [-0.39, 0.29) is 0 Å². The van der Waals surface area contributed by atoms with Crippen molar-refractivity contribution < 1.29 is 8.85 Å². The highest BCUT2D eigenvalue weighted by atomic mass is 28.4. The molecule has 0 aliphatic heterocycles. The van der Waals surface area contributed by atoms with Gasteiger partial charge in [-0.05, 0) is 12.8 Å². The molecular formula is C10H23NO2Si. The molecule has 0 bridgehead atoms. The van der Waals surface area contributed by atoms with E-state index in [0.717, 1.165) is 0 Å². The van der Waals surface area contributed by atoms with Crippen LogP contribution < -0.4 is 4.98 Å². The van der Waals surface area contributed by atoms with Crippen LogP contribution in [-0.4, -0.2) is 29.0 Å². The van der Waals surface area contributed by atoms with Crippen LogP contribution in [0.5, 0.6) is 0 Å². The van der Waals surface area contributed by atoms with E-state index in [0.29, 0.717) is 11.6 Å². The van der Waals surface area contributed by atoms with Crippen molar-refractivity contribution in [3.8, 4) is 0 Å². The third-order valence-corrected chi connectivity index (χ3v) is 6.67. The summed E-state index contributed by atoms with van der Waals surface area (Å²) in [6.45, 7) is 4.34. The SMILES string of the molecule is CO[Si](NC1CCCC1)(OC)C(C)C. The summed E-state index contributed by atoms with van der Waals surface area (Å²) < 4.78 is 11.2. The molecule has 84 valence electrons. The summed E-state index contributed by atoms with van der Waals surface area (Å²) in [5.74, 6) is 0. The summed E-state index contributed by atoms with van der Waals surface area (Å²) in [6.07, 6.45) is 5.23. The Balaban J connectivity index is 2.57. The van der Waals surface area contributed by atoms with Crippen LogP contribution in [0, 0.1) is 0 Å². The monoisotopic (exact) mass is 217 g/mol. The lowest BCUT2D eigenvalue weighted by Gasteiger charge is -2.33. The van der Waals surface area contributed by atoms with Gasteiger partial charge < -0.3 is 8.85 Å². The maximum absolute atomic E-state index is 5.62. The Morgan fingerprint density at radius 3 is 2.00 bits per heavy atom. The van der Waals surface area contributed by atoms with E-state index < -0.39 is 8.72 Å². The summed E-state index contributed by atoms with van der Waals surface area (Å²) in [4.78, 5) is 3.62. The molecule has 0 spiro atoms. The van der Waals surface area contributed by atoms with E-state index in [2.05, 4.69) is 18.8 Å². The normalized spacial score (nSPS) is 19.5. The number of hydrogen-bond acceptors (Lipinski definition) is 3. The average molecular weight is 217 g/mol. The molecule has 0 radical (unpaired) electrons. The molecule has 0 saturated heterocycles. The fourth-order valence-corrected chi connectivity index (χ4v) is 4.73. The first kappa shape index (κ1) is 12.2. The third kappa shape index (κ3) is 2.57. The first-order valence-electron chi connectivity index (χ1n) is 5.52. The quantitative estimate of drug-likeness (QED) is 0.716. The van der Waals surface area contributed by atoms with Crippen LogP contribution in [0.3, 0.4) is 0 Å².